The standard InChI is InChI=1S/C26H34N4OS/c1-4-21-23(16-27-2)19(13-18-9-8-12-24(32-3)28-15-18)14-22-25(21)29-17-30(26(22)31)20-10-6-5-7-11-20/h4,12,14-18,20,27H,5-11,13H2,1-3H3/b21-4+,23-16-. The van der Waals surface area contributed by atoms with Crippen molar-refractivity contribution in [2.45, 2.75) is 64.3 Å². The number of benzene rings is 1. The third kappa shape index (κ3) is 4.70. The van der Waals surface area contributed by atoms with E-state index in [4.69, 9.17) is 4.98 Å². The van der Waals surface area contributed by atoms with E-state index < -0.39 is 0 Å². The fourth-order valence-electron chi connectivity index (χ4n) is 5.08. The van der Waals surface area contributed by atoms with Crippen molar-refractivity contribution in [1.82, 2.24) is 14.9 Å². The molecule has 1 aromatic carbocycles. The van der Waals surface area contributed by atoms with Gasteiger partial charge in [0.15, 0.2) is 0 Å². The van der Waals surface area contributed by atoms with Crippen molar-refractivity contribution in [2.24, 2.45) is 10.9 Å². The van der Waals surface area contributed by atoms with E-state index in [1.165, 1.54) is 24.8 Å². The van der Waals surface area contributed by atoms with Crippen molar-refractivity contribution >= 4 is 41.2 Å². The predicted molar refractivity (Wildman–Crippen MR) is 138 cm³/mol. The molecular weight excluding hydrogens is 416 g/mol. The minimum Gasteiger partial charge on any atom is -0.393 e. The summed E-state index contributed by atoms with van der Waals surface area (Å²) >= 11 is 1.69. The molecule has 1 saturated carbocycles. The van der Waals surface area contributed by atoms with Crippen molar-refractivity contribution < 1.29 is 0 Å². The molecule has 4 rings (SSSR count). The van der Waals surface area contributed by atoms with Gasteiger partial charge in [0.2, 0.25) is 0 Å². The second kappa shape index (κ2) is 10.5. The Morgan fingerprint density at radius 1 is 1.22 bits per heavy atom. The summed E-state index contributed by atoms with van der Waals surface area (Å²) in [6.07, 6.45) is 21.0. The van der Waals surface area contributed by atoms with Crippen LogP contribution in [0, 0.1) is 5.92 Å². The van der Waals surface area contributed by atoms with Gasteiger partial charge in [-0.05, 0) is 62.8 Å². The van der Waals surface area contributed by atoms with Crippen LogP contribution in [-0.2, 0) is 6.42 Å². The van der Waals surface area contributed by atoms with E-state index in [0.717, 1.165) is 58.5 Å². The van der Waals surface area contributed by atoms with Crippen LogP contribution in [0.5, 0.6) is 0 Å². The van der Waals surface area contributed by atoms with Gasteiger partial charge >= 0.3 is 0 Å². The van der Waals surface area contributed by atoms with Crippen LogP contribution in [0.2, 0.25) is 0 Å². The number of aliphatic imine (C=N–C) groups is 1. The summed E-state index contributed by atoms with van der Waals surface area (Å²) in [4.78, 5) is 23.1. The van der Waals surface area contributed by atoms with Gasteiger partial charge in [0.05, 0.1) is 22.3 Å². The average molecular weight is 451 g/mol. The summed E-state index contributed by atoms with van der Waals surface area (Å²) < 4.78 is 1.90. The van der Waals surface area contributed by atoms with Crippen LogP contribution in [0.4, 0.5) is 0 Å². The summed E-state index contributed by atoms with van der Waals surface area (Å²) in [6, 6.07) is 2.38. The van der Waals surface area contributed by atoms with E-state index in [0.29, 0.717) is 5.92 Å². The molecule has 170 valence electrons. The first-order chi connectivity index (χ1) is 15.7. The number of hydrogen-bond acceptors (Lipinski definition) is 5. The monoisotopic (exact) mass is 450 g/mol. The predicted octanol–water partition coefficient (Wildman–Crippen LogP) is 3.89. The molecule has 1 N–H and O–H groups in total. The zero-order valence-corrected chi connectivity index (χ0v) is 20.3. The molecule has 1 unspecified atom stereocenters. The van der Waals surface area contributed by atoms with E-state index in [-0.39, 0.29) is 11.6 Å². The largest absolute Gasteiger partial charge is 0.393 e. The van der Waals surface area contributed by atoms with Crippen LogP contribution in [0.25, 0.3) is 23.2 Å². The highest BCUT2D eigenvalue weighted by atomic mass is 32.2. The van der Waals surface area contributed by atoms with Gasteiger partial charge in [-0.25, -0.2) is 4.98 Å². The molecular formula is C26H34N4OS. The smallest absolute Gasteiger partial charge is 0.261 e. The van der Waals surface area contributed by atoms with Crippen LogP contribution in [0.1, 0.15) is 63.5 Å². The normalized spacial score (nSPS) is 21.1. The Kier molecular flexibility index (Phi) is 7.51. The Bertz CT molecular complexity index is 1210. The lowest BCUT2D eigenvalue weighted by Crippen LogP contribution is -2.36. The number of nitrogens with one attached hydrogen (secondary N) is 1. The van der Waals surface area contributed by atoms with Gasteiger partial charge in [-0.1, -0.05) is 31.4 Å². The Balaban J connectivity index is 1.84. The quantitative estimate of drug-likeness (QED) is 0.751. The van der Waals surface area contributed by atoms with E-state index in [2.05, 4.69) is 41.0 Å². The van der Waals surface area contributed by atoms with Crippen molar-refractivity contribution in [3.63, 3.8) is 0 Å². The van der Waals surface area contributed by atoms with Gasteiger partial charge in [-0.3, -0.25) is 14.4 Å². The minimum absolute atomic E-state index is 0.100. The van der Waals surface area contributed by atoms with Crippen LogP contribution < -0.4 is 21.3 Å². The lowest BCUT2D eigenvalue weighted by atomic mass is 9.93. The first-order valence-electron chi connectivity index (χ1n) is 11.8. The average Bonchev–Trinajstić information content (AvgIpc) is 3.06. The molecule has 1 aliphatic carbocycles. The van der Waals surface area contributed by atoms with Gasteiger partial charge in [0, 0.05) is 35.9 Å². The molecule has 1 aromatic heterocycles. The maximum absolute atomic E-state index is 13.6. The molecule has 0 saturated heterocycles. The molecule has 1 fully saturated rings. The Hall–Kier alpha value is -2.34. The van der Waals surface area contributed by atoms with Crippen LogP contribution >= 0.6 is 11.8 Å². The number of thioether (sulfide) groups is 1. The fraction of sp³-hybridized carbons (Fsp3) is 0.500. The number of nitrogens with zero attached hydrogens (tertiary/aromatic N) is 3. The van der Waals surface area contributed by atoms with Crippen LogP contribution in [0.15, 0.2) is 33.3 Å². The van der Waals surface area contributed by atoms with E-state index in [1.54, 1.807) is 18.1 Å². The van der Waals surface area contributed by atoms with E-state index in [9.17, 15) is 4.79 Å². The van der Waals surface area contributed by atoms with Crippen molar-refractivity contribution in [3.05, 3.63) is 49.9 Å². The highest BCUT2D eigenvalue weighted by Gasteiger charge is 2.19. The minimum atomic E-state index is 0.100. The first-order valence-corrected chi connectivity index (χ1v) is 13.0. The van der Waals surface area contributed by atoms with Gasteiger partial charge in [0.1, 0.15) is 0 Å². The number of hydrogen-bond donors (Lipinski definition) is 1. The number of fused-ring (bicyclic) bond motifs is 1. The second-order valence-corrected chi connectivity index (χ2v) is 9.62. The van der Waals surface area contributed by atoms with E-state index >= 15 is 0 Å². The van der Waals surface area contributed by atoms with Gasteiger partial charge in [0.25, 0.3) is 5.56 Å². The molecule has 0 amide bonds. The topological polar surface area (TPSA) is 59.3 Å². The highest BCUT2D eigenvalue weighted by Crippen LogP contribution is 2.27. The third-order valence-electron chi connectivity index (χ3n) is 6.75. The fourth-order valence-corrected chi connectivity index (χ4v) is 5.53. The third-order valence-corrected chi connectivity index (χ3v) is 7.44. The molecule has 0 bridgehead atoms. The lowest BCUT2D eigenvalue weighted by Gasteiger charge is -2.24. The van der Waals surface area contributed by atoms with Crippen molar-refractivity contribution in [1.29, 1.82) is 0 Å². The van der Waals surface area contributed by atoms with Gasteiger partial charge in [-0.15, -0.1) is 11.8 Å². The SMILES string of the molecule is C/C=c1\c(=C/NC)c(CC2C=NC(SC)=CCC2)cc2c(=O)n(C3CCCCC3)cnc12. The molecule has 0 radical (unpaired) electrons. The number of aromatic nitrogens is 2. The number of rotatable bonds is 5. The Morgan fingerprint density at radius 3 is 2.75 bits per heavy atom. The Morgan fingerprint density at radius 2 is 2.03 bits per heavy atom. The molecule has 1 aliphatic heterocycles. The summed E-state index contributed by atoms with van der Waals surface area (Å²) in [5.74, 6) is 0.347. The maximum Gasteiger partial charge on any atom is 0.261 e. The van der Waals surface area contributed by atoms with E-state index in [1.807, 2.05) is 24.7 Å². The Labute approximate surface area is 194 Å². The molecule has 1 atom stereocenters. The summed E-state index contributed by atoms with van der Waals surface area (Å²) in [5, 5.41) is 7.20. The zero-order chi connectivity index (χ0) is 22.5. The molecule has 2 aliphatic rings. The summed E-state index contributed by atoms with van der Waals surface area (Å²) in [7, 11) is 1.92. The molecule has 2 heterocycles. The molecule has 5 nitrogen and oxygen atoms in total. The zero-order valence-electron chi connectivity index (χ0n) is 19.4. The van der Waals surface area contributed by atoms with Crippen molar-refractivity contribution in [3.8, 4) is 0 Å². The summed E-state index contributed by atoms with van der Waals surface area (Å²) in [6.45, 7) is 2.03. The second-order valence-electron chi connectivity index (χ2n) is 8.80. The lowest BCUT2D eigenvalue weighted by molar-refractivity contribution is 0.345. The molecule has 6 heteroatoms. The first kappa shape index (κ1) is 22.8. The van der Waals surface area contributed by atoms with Crippen LogP contribution in [0.3, 0.4) is 0 Å². The van der Waals surface area contributed by atoms with Crippen LogP contribution in [-0.4, -0.2) is 29.1 Å². The maximum atomic E-state index is 13.6. The van der Waals surface area contributed by atoms with Gasteiger partial charge in [-0.2, -0.15) is 0 Å². The molecule has 32 heavy (non-hydrogen) atoms. The van der Waals surface area contributed by atoms with Crippen molar-refractivity contribution in [2.75, 3.05) is 13.3 Å². The molecule has 2 aromatic rings. The molecule has 0 spiro atoms. The van der Waals surface area contributed by atoms with Gasteiger partial charge < -0.3 is 5.32 Å². The highest BCUT2D eigenvalue weighted by molar-refractivity contribution is 8.02. The number of allylic oxidation sites excluding steroid dienone is 1. The summed E-state index contributed by atoms with van der Waals surface area (Å²) in [5.41, 5.74) is 2.09.